The summed E-state index contributed by atoms with van der Waals surface area (Å²) in [6.45, 7) is 4.29. The molecular formula is C19H17ClO4S. The van der Waals surface area contributed by atoms with Crippen LogP contribution in [0.25, 0.3) is 21.6 Å². The fourth-order valence-electron chi connectivity index (χ4n) is 2.29. The summed E-state index contributed by atoms with van der Waals surface area (Å²) in [4.78, 5) is 2.68. The Balaban J connectivity index is 0.000000399. The first-order valence-corrected chi connectivity index (χ1v) is 9.47. The van der Waals surface area contributed by atoms with Gasteiger partial charge in [-0.3, -0.25) is 0 Å². The van der Waals surface area contributed by atoms with Gasteiger partial charge in [0.25, 0.3) is 0 Å². The van der Waals surface area contributed by atoms with Gasteiger partial charge in [-0.2, -0.15) is 0 Å². The largest absolute Gasteiger partial charge is 0.246 e. The van der Waals surface area contributed by atoms with Gasteiger partial charge in [0.05, 0.1) is 0 Å². The summed E-state index contributed by atoms with van der Waals surface area (Å²) in [6, 6.07) is 23.8. The normalized spacial score (nSPS) is 10.8. The summed E-state index contributed by atoms with van der Waals surface area (Å²) in [5.74, 6) is 0. The van der Waals surface area contributed by atoms with E-state index in [1.54, 1.807) is 0 Å². The standard InChI is InChI=1S/C19H17S.ClHO4/c1-14-8-11-17(12-9-14)19-18(13-10-15(2)20-19)16-6-4-3-5-7-16;2-1(3,4)5/h3-13H,1-2H3;(H,2,3,4,5)/q+1;/p-1. The van der Waals surface area contributed by atoms with Crippen molar-refractivity contribution in [1.82, 2.24) is 0 Å². The van der Waals surface area contributed by atoms with Crippen molar-refractivity contribution in [2.45, 2.75) is 13.8 Å². The van der Waals surface area contributed by atoms with Crippen LogP contribution in [0.2, 0.25) is 0 Å². The first kappa shape index (κ1) is 19.5. The van der Waals surface area contributed by atoms with Crippen LogP contribution in [0.5, 0.6) is 0 Å². The Morgan fingerprint density at radius 2 is 1.24 bits per heavy atom. The maximum absolute atomic E-state index is 8.49. The SMILES string of the molecule is Cc1ccc(-c2[s+]c(C)ccc2-c2ccccc2)cc1.[O-][Cl+3]([O-])([O-])[O-]. The Kier molecular flexibility index (Phi) is 6.61. The van der Waals surface area contributed by atoms with Crippen LogP contribution in [0.15, 0.2) is 66.7 Å². The summed E-state index contributed by atoms with van der Waals surface area (Å²) in [5.41, 5.74) is 5.18. The zero-order chi connectivity index (χ0) is 18.4. The molecule has 1 heterocycles. The second-order valence-corrected chi connectivity index (χ2v) is 7.41. The van der Waals surface area contributed by atoms with Crippen molar-refractivity contribution in [3.8, 4) is 21.6 Å². The van der Waals surface area contributed by atoms with E-state index in [9.17, 15) is 0 Å². The Hall–Kier alpha value is -1.86. The summed E-state index contributed by atoms with van der Waals surface area (Å²) < 4.78 is 34.0. The van der Waals surface area contributed by atoms with Gasteiger partial charge >= 0.3 is 0 Å². The first-order chi connectivity index (χ1) is 11.7. The molecule has 0 saturated heterocycles. The molecule has 2 aromatic carbocycles. The minimum Gasteiger partial charge on any atom is -0.222 e. The van der Waals surface area contributed by atoms with E-state index in [0.29, 0.717) is 0 Å². The lowest BCUT2D eigenvalue weighted by atomic mass is 10.0. The molecule has 130 valence electrons. The molecule has 0 saturated carbocycles. The van der Waals surface area contributed by atoms with Gasteiger partial charge in [0.1, 0.15) is 0 Å². The van der Waals surface area contributed by atoms with E-state index in [2.05, 4.69) is 80.6 Å². The number of aryl methyl sites for hydroxylation is 2. The monoisotopic (exact) mass is 376 g/mol. The number of benzene rings is 2. The van der Waals surface area contributed by atoms with Crippen molar-refractivity contribution < 1.29 is 28.9 Å². The van der Waals surface area contributed by atoms with Crippen molar-refractivity contribution in [1.29, 1.82) is 0 Å². The Morgan fingerprint density at radius 3 is 1.80 bits per heavy atom. The zero-order valence-electron chi connectivity index (χ0n) is 13.8. The summed E-state index contributed by atoms with van der Waals surface area (Å²) in [7, 11) is -4.94. The second kappa shape index (κ2) is 8.49. The first-order valence-electron chi connectivity index (χ1n) is 7.42. The van der Waals surface area contributed by atoms with E-state index in [0.717, 1.165) is 0 Å². The van der Waals surface area contributed by atoms with E-state index < -0.39 is 10.2 Å². The topological polar surface area (TPSA) is 92.2 Å². The second-order valence-electron chi connectivity index (χ2n) is 5.40. The highest BCUT2D eigenvalue weighted by Gasteiger charge is 2.18. The quantitative estimate of drug-likeness (QED) is 0.629. The number of halogens is 1. The van der Waals surface area contributed by atoms with Gasteiger partial charge in [-0.05, 0) is 36.8 Å². The molecule has 0 amide bonds. The third-order valence-electron chi connectivity index (χ3n) is 3.39. The van der Waals surface area contributed by atoms with Crippen LogP contribution in [0.4, 0.5) is 0 Å². The molecule has 0 aliphatic rings. The average Bonchev–Trinajstić information content (AvgIpc) is 2.55. The van der Waals surface area contributed by atoms with Crippen LogP contribution in [0.1, 0.15) is 10.4 Å². The predicted molar refractivity (Wildman–Crippen MR) is 89.1 cm³/mol. The number of hydrogen-bond donors (Lipinski definition) is 0. The van der Waals surface area contributed by atoms with Gasteiger partial charge in [-0.1, -0.05) is 48.0 Å². The van der Waals surface area contributed by atoms with E-state index in [1.807, 2.05) is 11.3 Å². The van der Waals surface area contributed by atoms with E-state index in [-0.39, 0.29) is 0 Å². The molecule has 6 heteroatoms. The lowest BCUT2D eigenvalue weighted by molar-refractivity contribution is -2.00. The van der Waals surface area contributed by atoms with Crippen LogP contribution < -0.4 is 18.6 Å². The van der Waals surface area contributed by atoms with E-state index in [4.69, 9.17) is 18.6 Å². The molecular weight excluding hydrogens is 360 g/mol. The highest BCUT2D eigenvalue weighted by atomic mass is 35.7. The number of rotatable bonds is 2. The van der Waals surface area contributed by atoms with Gasteiger partial charge in [0.2, 0.25) is 21.1 Å². The minimum atomic E-state index is -4.94. The lowest BCUT2D eigenvalue weighted by Gasteiger charge is -2.17. The molecule has 1 aromatic heterocycles. The van der Waals surface area contributed by atoms with Gasteiger partial charge in [0.15, 0.2) is 0 Å². The molecule has 0 aliphatic carbocycles. The van der Waals surface area contributed by atoms with Crippen molar-refractivity contribution in [2.24, 2.45) is 0 Å². The van der Waals surface area contributed by atoms with E-state index >= 15 is 0 Å². The molecule has 0 spiro atoms. The molecule has 0 N–H and O–H groups in total. The molecule has 0 fully saturated rings. The van der Waals surface area contributed by atoms with Crippen molar-refractivity contribution in [2.75, 3.05) is 0 Å². The summed E-state index contributed by atoms with van der Waals surface area (Å²) in [5, 5.41) is 0. The molecule has 0 atom stereocenters. The van der Waals surface area contributed by atoms with Gasteiger partial charge in [-0.25, -0.2) is 18.6 Å². The molecule has 25 heavy (non-hydrogen) atoms. The Bertz CT molecular complexity index is 809. The van der Waals surface area contributed by atoms with Crippen LogP contribution >= 0.6 is 11.3 Å². The molecule has 0 bridgehead atoms. The van der Waals surface area contributed by atoms with Crippen LogP contribution in [0, 0.1) is 24.1 Å². The van der Waals surface area contributed by atoms with E-state index in [1.165, 1.54) is 32.0 Å². The van der Waals surface area contributed by atoms with Crippen LogP contribution in [-0.2, 0) is 0 Å². The summed E-state index contributed by atoms with van der Waals surface area (Å²) in [6.07, 6.45) is 0. The van der Waals surface area contributed by atoms with Crippen molar-refractivity contribution in [3.63, 3.8) is 0 Å². The molecule has 0 aliphatic heterocycles. The van der Waals surface area contributed by atoms with Crippen LogP contribution in [-0.4, -0.2) is 0 Å². The molecule has 4 nitrogen and oxygen atoms in total. The lowest BCUT2D eigenvalue weighted by Crippen LogP contribution is -2.68. The average molecular weight is 377 g/mol. The third kappa shape index (κ3) is 6.51. The fraction of sp³-hybridized carbons (Fsp3) is 0.105. The Morgan fingerprint density at radius 1 is 0.680 bits per heavy atom. The smallest absolute Gasteiger partial charge is 0.222 e. The molecule has 3 aromatic rings. The zero-order valence-corrected chi connectivity index (χ0v) is 15.3. The van der Waals surface area contributed by atoms with Gasteiger partial charge in [-0.15, -0.1) is 10.2 Å². The minimum absolute atomic E-state index is 1.28. The maximum Gasteiger partial charge on any atom is 0.246 e. The maximum atomic E-state index is 8.49. The van der Waals surface area contributed by atoms with Crippen LogP contribution in [0.3, 0.4) is 0 Å². The summed E-state index contributed by atoms with van der Waals surface area (Å²) >= 11 is 1.86. The van der Waals surface area contributed by atoms with Gasteiger partial charge < -0.3 is 0 Å². The molecule has 0 radical (unpaired) electrons. The van der Waals surface area contributed by atoms with Crippen molar-refractivity contribution in [3.05, 3.63) is 77.2 Å². The highest BCUT2D eigenvalue weighted by molar-refractivity contribution is 7.15. The molecule has 0 unspecified atom stereocenters. The molecule has 3 rings (SSSR count). The predicted octanol–water partition coefficient (Wildman–Crippen LogP) is 1.22. The third-order valence-corrected chi connectivity index (χ3v) is 4.51. The number of hydrogen-bond acceptors (Lipinski definition) is 4. The van der Waals surface area contributed by atoms with Gasteiger partial charge in [0, 0.05) is 18.1 Å². The Labute approximate surface area is 153 Å². The van der Waals surface area contributed by atoms with Crippen molar-refractivity contribution >= 4 is 11.3 Å². The fourth-order valence-corrected chi connectivity index (χ4v) is 3.30. The highest BCUT2D eigenvalue weighted by Crippen LogP contribution is 2.36.